The second-order valence-electron chi connectivity index (χ2n) is 6.59. The first-order valence-corrected chi connectivity index (χ1v) is 9.27. The zero-order valence-corrected chi connectivity index (χ0v) is 18.4. The molecule has 0 aliphatic heterocycles. The largest absolute Gasteiger partial charge is 0.361 e. The molecule has 150 valence electrons. The molecule has 2 aromatic heterocycles. The molecule has 0 aliphatic rings. The number of benzene rings is 2. The van der Waals surface area contributed by atoms with Gasteiger partial charge in [0, 0.05) is 42.3 Å². The molecule has 0 saturated heterocycles. The average molecular weight is 503 g/mol. The number of aromatic nitrogens is 2. The minimum absolute atomic E-state index is 0. The molecule has 3 N–H and O–H groups in total. The fourth-order valence-corrected chi connectivity index (χ4v) is 3.38. The molecular formula is C22H23FIN5. The number of halogens is 2. The van der Waals surface area contributed by atoms with Crippen LogP contribution in [0.3, 0.4) is 0 Å². The van der Waals surface area contributed by atoms with Crippen LogP contribution in [0.25, 0.3) is 21.7 Å². The maximum atomic E-state index is 13.5. The predicted octanol–water partition coefficient (Wildman–Crippen LogP) is 4.38. The summed E-state index contributed by atoms with van der Waals surface area (Å²) in [5, 5.41) is 9.85. The Balaban J connectivity index is 0.00000240. The van der Waals surface area contributed by atoms with Gasteiger partial charge < -0.3 is 15.6 Å². The summed E-state index contributed by atoms with van der Waals surface area (Å²) >= 11 is 0. The Hall–Kier alpha value is -2.68. The molecule has 7 heteroatoms. The lowest BCUT2D eigenvalue weighted by Gasteiger charge is -2.12. The number of rotatable bonds is 5. The van der Waals surface area contributed by atoms with Gasteiger partial charge in [0.25, 0.3) is 0 Å². The molecule has 5 nitrogen and oxygen atoms in total. The number of aliphatic imine (C=N–C) groups is 1. The summed E-state index contributed by atoms with van der Waals surface area (Å²) < 4.78 is 13.5. The highest BCUT2D eigenvalue weighted by atomic mass is 127. The van der Waals surface area contributed by atoms with Crippen LogP contribution in [0.5, 0.6) is 0 Å². The number of guanidine groups is 1. The van der Waals surface area contributed by atoms with Crippen LogP contribution >= 0.6 is 24.0 Å². The van der Waals surface area contributed by atoms with Crippen LogP contribution in [0.1, 0.15) is 11.3 Å². The third-order valence-electron chi connectivity index (χ3n) is 4.82. The van der Waals surface area contributed by atoms with Gasteiger partial charge in [0.2, 0.25) is 0 Å². The smallest absolute Gasteiger partial charge is 0.191 e. The van der Waals surface area contributed by atoms with E-state index in [9.17, 15) is 4.39 Å². The van der Waals surface area contributed by atoms with Crippen LogP contribution in [-0.4, -0.2) is 29.5 Å². The number of H-pyrrole nitrogens is 1. The molecule has 0 aliphatic carbocycles. The summed E-state index contributed by atoms with van der Waals surface area (Å²) in [5.41, 5.74) is 3.00. The second-order valence-corrected chi connectivity index (χ2v) is 6.59. The minimum atomic E-state index is -0.221. The first-order chi connectivity index (χ1) is 13.7. The zero-order chi connectivity index (χ0) is 19.3. The van der Waals surface area contributed by atoms with E-state index < -0.39 is 0 Å². The van der Waals surface area contributed by atoms with E-state index in [1.165, 1.54) is 11.5 Å². The highest BCUT2D eigenvalue weighted by Crippen LogP contribution is 2.19. The molecule has 0 fully saturated rings. The van der Waals surface area contributed by atoms with Gasteiger partial charge in [0.15, 0.2) is 5.96 Å². The minimum Gasteiger partial charge on any atom is -0.361 e. The van der Waals surface area contributed by atoms with E-state index in [-0.39, 0.29) is 29.8 Å². The Morgan fingerprint density at radius 3 is 2.83 bits per heavy atom. The van der Waals surface area contributed by atoms with Crippen LogP contribution in [0.2, 0.25) is 0 Å². The number of nitrogens with zero attached hydrogens (tertiary/aromatic N) is 2. The quantitative estimate of drug-likeness (QED) is 0.215. The van der Waals surface area contributed by atoms with Crippen LogP contribution in [0.4, 0.5) is 4.39 Å². The highest BCUT2D eigenvalue weighted by Gasteiger charge is 2.06. The average Bonchev–Trinajstić information content (AvgIpc) is 3.12. The fraction of sp³-hybridized carbons (Fsp3) is 0.182. The molecule has 4 rings (SSSR count). The Morgan fingerprint density at radius 1 is 1.10 bits per heavy atom. The Morgan fingerprint density at radius 2 is 1.97 bits per heavy atom. The SMILES string of the molecule is CN=C(NCCc1c[nH]c2ccc(F)cc12)NCc1nccc2ccccc12.I. The van der Waals surface area contributed by atoms with E-state index in [2.05, 4.69) is 37.7 Å². The maximum absolute atomic E-state index is 13.5. The number of hydrogen-bond acceptors (Lipinski definition) is 2. The van der Waals surface area contributed by atoms with Gasteiger partial charge in [0.05, 0.1) is 12.2 Å². The van der Waals surface area contributed by atoms with E-state index in [0.29, 0.717) is 19.0 Å². The van der Waals surface area contributed by atoms with Crippen molar-refractivity contribution in [3.63, 3.8) is 0 Å². The molecular weight excluding hydrogens is 480 g/mol. The summed E-state index contributed by atoms with van der Waals surface area (Å²) in [6.45, 7) is 1.27. The van der Waals surface area contributed by atoms with Crippen molar-refractivity contribution in [3.05, 3.63) is 78.0 Å². The second kappa shape index (κ2) is 9.69. The van der Waals surface area contributed by atoms with Crippen molar-refractivity contribution in [2.45, 2.75) is 13.0 Å². The Bertz CT molecular complexity index is 1130. The maximum Gasteiger partial charge on any atom is 0.191 e. The summed E-state index contributed by atoms with van der Waals surface area (Å²) in [6.07, 6.45) is 4.52. The van der Waals surface area contributed by atoms with E-state index >= 15 is 0 Å². The van der Waals surface area contributed by atoms with Gasteiger partial charge in [-0.3, -0.25) is 9.98 Å². The van der Waals surface area contributed by atoms with Crippen LogP contribution in [-0.2, 0) is 13.0 Å². The van der Waals surface area contributed by atoms with Gasteiger partial charge >= 0.3 is 0 Å². The van der Waals surface area contributed by atoms with Gasteiger partial charge in [-0.2, -0.15) is 0 Å². The summed E-state index contributed by atoms with van der Waals surface area (Å²) in [7, 11) is 1.74. The van der Waals surface area contributed by atoms with Gasteiger partial charge in [-0.1, -0.05) is 24.3 Å². The number of nitrogens with one attached hydrogen (secondary N) is 3. The molecule has 0 bridgehead atoms. The van der Waals surface area contributed by atoms with E-state index in [1.54, 1.807) is 19.2 Å². The zero-order valence-electron chi connectivity index (χ0n) is 16.1. The van der Waals surface area contributed by atoms with Gasteiger partial charge in [-0.25, -0.2) is 4.39 Å². The van der Waals surface area contributed by atoms with Crippen molar-refractivity contribution < 1.29 is 4.39 Å². The van der Waals surface area contributed by atoms with E-state index in [0.717, 1.165) is 34.0 Å². The third-order valence-corrected chi connectivity index (χ3v) is 4.82. The summed E-state index contributed by atoms with van der Waals surface area (Å²) in [5.74, 6) is 0.488. The lowest BCUT2D eigenvalue weighted by Crippen LogP contribution is -2.38. The monoisotopic (exact) mass is 503 g/mol. The van der Waals surface area contributed by atoms with Crippen molar-refractivity contribution in [1.29, 1.82) is 0 Å². The van der Waals surface area contributed by atoms with Crippen molar-refractivity contribution in [3.8, 4) is 0 Å². The molecule has 2 heterocycles. The number of fused-ring (bicyclic) bond motifs is 2. The fourth-order valence-electron chi connectivity index (χ4n) is 3.38. The number of hydrogen-bond donors (Lipinski definition) is 3. The predicted molar refractivity (Wildman–Crippen MR) is 127 cm³/mol. The molecule has 29 heavy (non-hydrogen) atoms. The lowest BCUT2D eigenvalue weighted by molar-refractivity contribution is 0.629. The first-order valence-electron chi connectivity index (χ1n) is 9.27. The molecule has 2 aromatic carbocycles. The molecule has 0 unspecified atom stereocenters. The van der Waals surface area contributed by atoms with Crippen LogP contribution < -0.4 is 10.6 Å². The van der Waals surface area contributed by atoms with Crippen molar-refractivity contribution in [2.75, 3.05) is 13.6 Å². The number of aromatic amines is 1. The van der Waals surface area contributed by atoms with Crippen molar-refractivity contribution in [1.82, 2.24) is 20.6 Å². The normalized spacial score (nSPS) is 11.4. The van der Waals surface area contributed by atoms with E-state index in [1.807, 2.05) is 30.6 Å². The molecule has 0 amide bonds. The molecule has 0 atom stereocenters. The van der Waals surface area contributed by atoms with Crippen molar-refractivity contribution >= 4 is 51.6 Å². The first kappa shape index (κ1) is 21.0. The van der Waals surface area contributed by atoms with Crippen molar-refractivity contribution in [2.24, 2.45) is 4.99 Å². The Kier molecular flexibility index (Phi) is 7.03. The van der Waals surface area contributed by atoms with Gasteiger partial charge in [-0.05, 0) is 41.6 Å². The van der Waals surface area contributed by atoms with Gasteiger partial charge in [-0.15, -0.1) is 24.0 Å². The topological polar surface area (TPSA) is 65.1 Å². The standard InChI is InChI=1S/C22H22FN5.HI/c1-24-22(28-14-21-18-5-3-2-4-15(18)8-10-25-21)26-11-9-16-13-27-20-7-6-17(23)12-19(16)20;/h2-8,10,12-13,27H,9,11,14H2,1H3,(H2,24,26,28);1H. The van der Waals surface area contributed by atoms with Crippen LogP contribution in [0.15, 0.2) is 65.9 Å². The lowest BCUT2D eigenvalue weighted by atomic mass is 10.1. The van der Waals surface area contributed by atoms with Crippen LogP contribution in [0, 0.1) is 5.82 Å². The highest BCUT2D eigenvalue weighted by molar-refractivity contribution is 14.0. The van der Waals surface area contributed by atoms with Gasteiger partial charge in [0.1, 0.15) is 5.82 Å². The summed E-state index contributed by atoms with van der Waals surface area (Å²) in [6, 6.07) is 15.0. The molecule has 0 spiro atoms. The third kappa shape index (κ3) is 4.84. The van der Waals surface area contributed by atoms with E-state index in [4.69, 9.17) is 0 Å². The molecule has 4 aromatic rings. The Labute approximate surface area is 185 Å². The molecule has 0 saturated carbocycles. The molecule has 0 radical (unpaired) electrons. The number of pyridine rings is 1. The summed E-state index contributed by atoms with van der Waals surface area (Å²) in [4.78, 5) is 12.0.